The van der Waals surface area contributed by atoms with Gasteiger partial charge in [0, 0.05) is 30.2 Å². The number of fused-ring (bicyclic) bond motifs is 3. The van der Waals surface area contributed by atoms with Crippen molar-refractivity contribution in [3.8, 4) is 0 Å². The number of hydrogen-bond donors (Lipinski definition) is 1. The van der Waals surface area contributed by atoms with Crippen molar-refractivity contribution in [2.45, 2.75) is 76.7 Å². The summed E-state index contributed by atoms with van der Waals surface area (Å²) in [5.41, 5.74) is 0.449. The fourth-order valence-electron chi connectivity index (χ4n) is 8.04. The van der Waals surface area contributed by atoms with E-state index in [4.69, 9.17) is 0 Å². The Morgan fingerprint density at radius 1 is 0.957 bits per heavy atom. The van der Waals surface area contributed by atoms with Crippen molar-refractivity contribution in [3.63, 3.8) is 0 Å². The van der Waals surface area contributed by atoms with Gasteiger partial charge in [0.25, 0.3) is 0 Å². The highest BCUT2D eigenvalue weighted by Gasteiger charge is 2.67. The van der Waals surface area contributed by atoms with E-state index in [2.05, 4.69) is 12.2 Å². The van der Waals surface area contributed by atoms with Crippen LogP contribution in [0.3, 0.4) is 0 Å². The molecule has 0 aromatic rings. The molecule has 1 aliphatic heterocycles. The summed E-state index contributed by atoms with van der Waals surface area (Å²) in [6.07, 6.45) is 10.6. The zero-order valence-electron chi connectivity index (χ0n) is 14.3. The maximum absolute atomic E-state index is 12.5. The lowest BCUT2D eigenvalue weighted by atomic mass is 9.42. The summed E-state index contributed by atoms with van der Waals surface area (Å²) < 4.78 is 0. The van der Waals surface area contributed by atoms with Crippen LogP contribution in [0.2, 0.25) is 0 Å². The lowest BCUT2D eigenvalue weighted by Gasteiger charge is -2.63. The third-order valence-corrected chi connectivity index (χ3v) is 9.10. The summed E-state index contributed by atoms with van der Waals surface area (Å²) in [6, 6.07) is 0. The summed E-state index contributed by atoms with van der Waals surface area (Å²) in [7, 11) is 0. The van der Waals surface area contributed by atoms with Crippen molar-refractivity contribution < 1.29 is 9.59 Å². The molecular weight excluding hydrogens is 286 g/mol. The Morgan fingerprint density at radius 2 is 1.83 bits per heavy atom. The second kappa shape index (κ2) is 4.47. The minimum Gasteiger partial charge on any atom is -0.310 e. The molecule has 3 nitrogen and oxygen atoms in total. The van der Waals surface area contributed by atoms with Crippen LogP contribution in [-0.2, 0) is 9.59 Å². The van der Waals surface area contributed by atoms with Crippen LogP contribution in [0.1, 0.15) is 71.1 Å². The monoisotopic (exact) mass is 315 g/mol. The topological polar surface area (TPSA) is 46.2 Å². The Labute approximate surface area is 139 Å². The second-order valence-corrected chi connectivity index (χ2v) is 9.46. The molecule has 6 unspecified atom stereocenters. The molecule has 4 aliphatic carbocycles. The fourth-order valence-corrected chi connectivity index (χ4v) is 8.04. The number of hydrogen-bond acceptors (Lipinski definition) is 3. The van der Waals surface area contributed by atoms with E-state index in [9.17, 15) is 9.59 Å². The Balaban J connectivity index is 1.55. The van der Waals surface area contributed by atoms with Gasteiger partial charge in [-0.3, -0.25) is 9.59 Å². The van der Waals surface area contributed by atoms with Crippen molar-refractivity contribution in [2.75, 3.05) is 6.54 Å². The maximum Gasteiger partial charge on any atom is 0.139 e. The van der Waals surface area contributed by atoms with Gasteiger partial charge in [-0.2, -0.15) is 0 Å². The number of Topliss-reactive ketones (excluding diaryl/α,β-unsaturated/α-hetero) is 2. The zero-order valence-corrected chi connectivity index (χ0v) is 14.3. The van der Waals surface area contributed by atoms with Crippen LogP contribution in [0, 0.1) is 28.6 Å². The molecule has 5 rings (SSSR count). The molecule has 1 saturated heterocycles. The Kier molecular flexibility index (Phi) is 2.84. The zero-order chi connectivity index (χ0) is 15.9. The summed E-state index contributed by atoms with van der Waals surface area (Å²) in [4.78, 5) is 24.7. The average Bonchev–Trinajstić information content (AvgIpc) is 3.05. The molecule has 23 heavy (non-hydrogen) atoms. The van der Waals surface area contributed by atoms with Crippen molar-refractivity contribution >= 4 is 11.6 Å². The molecule has 5 aliphatic rings. The molecule has 1 N–H and O–H groups in total. The molecule has 0 radical (unpaired) electrons. The van der Waals surface area contributed by atoms with Crippen LogP contribution in [0.5, 0.6) is 0 Å². The van der Waals surface area contributed by atoms with Crippen LogP contribution >= 0.6 is 0 Å². The van der Waals surface area contributed by atoms with Crippen molar-refractivity contribution in [1.29, 1.82) is 0 Å². The fraction of sp³-hybridized carbons (Fsp3) is 0.900. The highest BCUT2D eigenvalue weighted by atomic mass is 16.1. The van der Waals surface area contributed by atoms with E-state index in [1.54, 1.807) is 0 Å². The molecule has 0 bridgehead atoms. The van der Waals surface area contributed by atoms with E-state index in [1.807, 2.05) is 0 Å². The van der Waals surface area contributed by atoms with Crippen LogP contribution in [0.15, 0.2) is 0 Å². The molecule has 0 aromatic carbocycles. The van der Waals surface area contributed by atoms with Crippen LogP contribution < -0.4 is 5.32 Å². The third kappa shape index (κ3) is 1.61. The number of nitrogens with one attached hydrogen (secondary N) is 1. The molecule has 4 saturated carbocycles. The summed E-state index contributed by atoms with van der Waals surface area (Å²) in [6.45, 7) is 3.36. The first kappa shape index (κ1) is 14.6. The summed E-state index contributed by atoms with van der Waals surface area (Å²) in [5.74, 6) is 3.13. The first-order valence-corrected chi connectivity index (χ1v) is 9.81. The third-order valence-electron chi connectivity index (χ3n) is 9.10. The quantitative estimate of drug-likeness (QED) is 0.746. The smallest absolute Gasteiger partial charge is 0.139 e. The largest absolute Gasteiger partial charge is 0.310 e. The van der Waals surface area contributed by atoms with E-state index in [0.29, 0.717) is 22.9 Å². The predicted molar refractivity (Wildman–Crippen MR) is 87.9 cm³/mol. The Hall–Kier alpha value is -0.700. The summed E-state index contributed by atoms with van der Waals surface area (Å²) >= 11 is 0. The van der Waals surface area contributed by atoms with E-state index in [0.717, 1.165) is 56.9 Å². The number of rotatable bonds is 0. The Morgan fingerprint density at radius 3 is 2.70 bits per heavy atom. The molecule has 6 atom stereocenters. The minimum atomic E-state index is -0.0195. The van der Waals surface area contributed by atoms with Gasteiger partial charge in [0.05, 0.1) is 0 Å². The van der Waals surface area contributed by atoms with Crippen molar-refractivity contribution in [1.82, 2.24) is 5.32 Å². The molecule has 5 fully saturated rings. The highest BCUT2D eigenvalue weighted by Crippen LogP contribution is 2.68. The lowest BCUT2D eigenvalue weighted by Crippen LogP contribution is -2.64. The normalized spacial score (nSPS) is 55.1. The lowest BCUT2D eigenvalue weighted by molar-refractivity contribution is -0.148. The second-order valence-electron chi connectivity index (χ2n) is 9.46. The van der Waals surface area contributed by atoms with E-state index in [1.165, 1.54) is 25.7 Å². The van der Waals surface area contributed by atoms with Gasteiger partial charge in [-0.15, -0.1) is 0 Å². The molecule has 0 amide bonds. The SMILES string of the molecule is CC12CCC3C(CCC45CC(=O)CCC34CCN5)C1CCC2=O. The van der Waals surface area contributed by atoms with Gasteiger partial charge in [0.15, 0.2) is 0 Å². The van der Waals surface area contributed by atoms with E-state index in [-0.39, 0.29) is 11.0 Å². The van der Waals surface area contributed by atoms with Crippen LogP contribution in [0.4, 0.5) is 0 Å². The summed E-state index contributed by atoms with van der Waals surface area (Å²) in [5, 5.41) is 3.82. The predicted octanol–water partition coefficient (Wildman–Crippen LogP) is 3.26. The van der Waals surface area contributed by atoms with E-state index >= 15 is 0 Å². The molecule has 0 spiro atoms. The van der Waals surface area contributed by atoms with Crippen molar-refractivity contribution in [3.05, 3.63) is 0 Å². The van der Waals surface area contributed by atoms with Gasteiger partial charge in [-0.1, -0.05) is 6.92 Å². The van der Waals surface area contributed by atoms with Gasteiger partial charge in [0.1, 0.15) is 11.6 Å². The van der Waals surface area contributed by atoms with Gasteiger partial charge < -0.3 is 5.32 Å². The minimum absolute atomic E-state index is 0.0195. The van der Waals surface area contributed by atoms with Crippen LogP contribution in [0.25, 0.3) is 0 Å². The molecule has 0 aromatic heterocycles. The molecule has 1 heterocycles. The molecular formula is C20H29NO2. The first-order chi connectivity index (χ1) is 11.0. The maximum atomic E-state index is 12.5. The highest BCUT2D eigenvalue weighted by molar-refractivity contribution is 5.87. The van der Waals surface area contributed by atoms with Gasteiger partial charge in [-0.25, -0.2) is 0 Å². The van der Waals surface area contributed by atoms with Crippen LogP contribution in [-0.4, -0.2) is 23.7 Å². The number of ketones is 2. The van der Waals surface area contributed by atoms with Crippen molar-refractivity contribution in [2.24, 2.45) is 28.6 Å². The average molecular weight is 315 g/mol. The first-order valence-electron chi connectivity index (χ1n) is 9.81. The molecule has 3 heteroatoms. The number of carbonyl (C=O) groups excluding carboxylic acids is 2. The van der Waals surface area contributed by atoms with Gasteiger partial charge in [-0.05, 0) is 74.7 Å². The van der Waals surface area contributed by atoms with Gasteiger partial charge in [0.2, 0.25) is 0 Å². The van der Waals surface area contributed by atoms with E-state index < -0.39 is 0 Å². The molecule has 126 valence electrons. The number of carbonyl (C=O) groups is 2. The standard InChI is InChI=1S/C20H29NO2/c1-18-7-6-16-14(15(18)2-3-17(18)23)5-9-20-12-13(22)4-8-19(16,20)10-11-21-20/h14-16,21H,2-12H2,1H3. The van der Waals surface area contributed by atoms with Gasteiger partial charge >= 0.3 is 0 Å². The Bertz CT molecular complexity index is 586.